The Kier molecular flexibility index (Phi) is 4.94. The molecular formula is C16H19N3O2. The van der Waals surface area contributed by atoms with Crippen LogP contribution in [0.1, 0.15) is 36.0 Å². The zero-order chi connectivity index (χ0) is 15.1. The smallest absolute Gasteiger partial charge is 0.251 e. The van der Waals surface area contributed by atoms with Crippen LogP contribution in [0.2, 0.25) is 0 Å². The molecule has 21 heavy (non-hydrogen) atoms. The Morgan fingerprint density at radius 2 is 1.71 bits per heavy atom. The first-order valence-electron chi connectivity index (χ1n) is 7.21. The zero-order valence-electron chi connectivity index (χ0n) is 11.9. The van der Waals surface area contributed by atoms with Crippen LogP contribution in [0.15, 0.2) is 30.3 Å². The van der Waals surface area contributed by atoms with Gasteiger partial charge in [-0.15, -0.1) is 0 Å². The molecule has 1 fully saturated rings. The van der Waals surface area contributed by atoms with Crippen molar-refractivity contribution in [2.24, 2.45) is 5.41 Å². The number of nitrogens with zero attached hydrogens (tertiary/aromatic N) is 1. The summed E-state index contributed by atoms with van der Waals surface area (Å²) >= 11 is 0. The second-order valence-corrected chi connectivity index (χ2v) is 5.28. The monoisotopic (exact) mass is 285 g/mol. The van der Waals surface area contributed by atoms with Gasteiger partial charge in [0.2, 0.25) is 5.91 Å². The average Bonchev–Trinajstić information content (AvgIpc) is 3.02. The van der Waals surface area contributed by atoms with Gasteiger partial charge in [0.05, 0.1) is 6.07 Å². The molecule has 0 atom stereocenters. The Bertz CT molecular complexity index is 542. The van der Waals surface area contributed by atoms with E-state index < -0.39 is 5.41 Å². The number of rotatable bonds is 5. The third-order valence-electron chi connectivity index (χ3n) is 3.84. The minimum atomic E-state index is -0.858. The fourth-order valence-electron chi connectivity index (χ4n) is 2.58. The number of nitrogens with one attached hydrogen (secondary N) is 2. The van der Waals surface area contributed by atoms with Crippen molar-refractivity contribution in [2.45, 2.75) is 25.7 Å². The van der Waals surface area contributed by atoms with Crippen molar-refractivity contribution in [1.82, 2.24) is 10.6 Å². The lowest BCUT2D eigenvalue weighted by molar-refractivity contribution is -0.127. The van der Waals surface area contributed by atoms with Gasteiger partial charge in [-0.3, -0.25) is 9.59 Å². The predicted octanol–water partition coefficient (Wildman–Crippen LogP) is 1.62. The first-order chi connectivity index (χ1) is 10.2. The van der Waals surface area contributed by atoms with Gasteiger partial charge in [-0.2, -0.15) is 5.26 Å². The maximum absolute atomic E-state index is 12.1. The summed E-state index contributed by atoms with van der Waals surface area (Å²) in [5.74, 6) is -0.378. The van der Waals surface area contributed by atoms with Crippen molar-refractivity contribution < 1.29 is 9.59 Å². The van der Waals surface area contributed by atoms with Crippen LogP contribution in [0.5, 0.6) is 0 Å². The van der Waals surface area contributed by atoms with Gasteiger partial charge >= 0.3 is 0 Å². The van der Waals surface area contributed by atoms with Crippen LogP contribution >= 0.6 is 0 Å². The SMILES string of the molecule is N#CC1(C(=O)NCCNC(=O)c2ccccc2)CCCC1. The molecule has 1 aromatic carbocycles. The summed E-state index contributed by atoms with van der Waals surface area (Å²) in [7, 11) is 0. The van der Waals surface area contributed by atoms with Gasteiger partial charge < -0.3 is 10.6 Å². The molecule has 0 aromatic heterocycles. The number of hydrogen-bond acceptors (Lipinski definition) is 3. The molecule has 5 nitrogen and oxygen atoms in total. The van der Waals surface area contributed by atoms with Crippen LogP contribution in [0.4, 0.5) is 0 Å². The molecule has 0 bridgehead atoms. The highest BCUT2D eigenvalue weighted by atomic mass is 16.2. The van der Waals surface area contributed by atoms with Crippen molar-refractivity contribution in [2.75, 3.05) is 13.1 Å². The molecular weight excluding hydrogens is 266 g/mol. The summed E-state index contributed by atoms with van der Waals surface area (Å²) in [4.78, 5) is 23.9. The van der Waals surface area contributed by atoms with Crippen molar-refractivity contribution in [3.63, 3.8) is 0 Å². The minimum Gasteiger partial charge on any atom is -0.353 e. The molecule has 2 amide bonds. The molecule has 1 aromatic rings. The predicted molar refractivity (Wildman–Crippen MR) is 78.3 cm³/mol. The summed E-state index contributed by atoms with van der Waals surface area (Å²) in [5.41, 5.74) is -0.267. The lowest BCUT2D eigenvalue weighted by atomic mass is 9.87. The Morgan fingerprint density at radius 3 is 2.33 bits per heavy atom. The Morgan fingerprint density at radius 1 is 1.10 bits per heavy atom. The van der Waals surface area contributed by atoms with E-state index in [-0.39, 0.29) is 11.8 Å². The van der Waals surface area contributed by atoms with Gasteiger partial charge in [0.15, 0.2) is 0 Å². The summed E-state index contributed by atoms with van der Waals surface area (Å²) < 4.78 is 0. The Hall–Kier alpha value is -2.35. The highest BCUT2D eigenvalue weighted by molar-refractivity contribution is 5.94. The van der Waals surface area contributed by atoms with Crippen molar-refractivity contribution in [1.29, 1.82) is 5.26 Å². The van der Waals surface area contributed by atoms with Gasteiger partial charge in [0.1, 0.15) is 5.41 Å². The molecule has 0 radical (unpaired) electrons. The fourth-order valence-corrected chi connectivity index (χ4v) is 2.58. The molecule has 0 aliphatic heterocycles. The third kappa shape index (κ3) is 3.60. The zero-order valence-corrected chi connectivity index (χ0v) is 11.9. The molecule has 1 aliphatic carbocycles. The van der Waals surface area contributed by atoms with E-state index in [2.05, 4.69) is 16.7 Å². The van der Waals surface area contributed by atoms with E-state index in [1.807, 2.05) is 6.07 Å². The van der Waals surface area contributed by atoms with Gasteiger partial charge in [0.25, 0.3) is 5.91 Å². The van der Waals surface area contributed by atoms with Crippen molar-refractivity contribution in [3.05, 3.63) is 35.9 Å². The topological polar surface area (TPSA) is 82.0 Å². The molecule has 0 spiro atoms. The van der Waals surface area contributed by atoms with E-state index in [1.54, 1.807) is 24.3 Å². The maximum Gasteiger partial charge on any atom is 0.251 e. The van der Waals surface area contributed by atoms with E-state index in [0.29, 0.717) is 31.5 Å². The Labute approximate surface area is 124 Å². The van der Waals surface area contributed by atoms with Crippen molar-refractivity contribution >= 4 is 11.8 Å². The standard InChI is InChI=1S/C16H19N3O2/c17-12-16(8-4-5-9-16)15(21)19-11-10-18-14(20)13-6-2-1-3-7-13/h1-3,6-7H,4-5,8-11H2,(H,18,20)(H,19,21). The van der Waals surface area contributed by atoms with Gasteiger partial charge in [-0.05, 0) is 25.0 Å². The van der Waals surface area contributed by atoms with Crippen LogP contribution in [0.25, 0.3) is 0 Å². The lowest BCUT2D eigenvalue weighted by Gasteiger charge is -2.19. The highest BCUT2D eigenvalue weighted by Crippen LogP contribution is 2.37. The molecule has 0 unspecified atom stereocenters. The minimum absolute atomic E-state index is 0.166. The first kappa shape index (κ1) is 15.0. The quantitative estimate of drug-likeness (QED) is 0.806. The number of hydrogen-bond donors (Lipinski definition) is 2. The van der Waals surface area contributed by atoms with E-state index in [0.717, 1.165) is 12.8 Å². The third-order valence-corrected chi connectivity index (χ3v) is 3.84. The van der Waals surface area contributed by atoms with E-state index in [9.17, 15) is 14.9 Å². The number of carbonyl (C=O) groups excluding carboxylic acids is 2. The van der Waals surface area contributed by atoms with Gasteiger partial charge in [-0.25, -0.2) is 0 Å². The summed E-state index contributed by atoms with van der Waals surface area (Å²) in [6, 6.07) is 11.1. The van der Waals surface area contributed by atoms with Crippen LogP contribution < -0.4 is 10.6 Å². The van der Waals surface area contributed by atoms with E-state index in [4.69, 9.17) is 0 Å². The number of carbonyl (C=O) groups is 2. The molecule has 5 heteroatoms. The van der Waals surface area contributed by atoms with Crippen LogP contribution in [-0.2, 0) is 4.79 Å². The fraction of sp³-hybridized carbons (Fsp3) is 0.438. The molecule has 0 saturated heterocycles. The second-order valence-electron chi connectivity index (χ2n) is 5.28. The van der Waals surface area contributed by atoms with E-state index >= 15 is 0 Å². The molecule has 0 heterocycles. The Balaban J connectivity index is 1.74. The van der Waals surface area contributed by atoms with Crippen molar-refractivity contribution in [3.8, 4) is 6.07 Å². The van der Waals surface area contributed by atoms with Crippen LogP contribution in [0, 0.1) is 16.7 Å². The summed E-state index contributed by atoms with van der Waals surface area (Å²) in [6.07, 6.45) is 3.11. The first-order valence-corrected chi connectivity index (χ1v) is 7.21. The maximum atomic E-state index is 12.1. The average molecular weight is 285 g/mol. The van der Waals surface area contributed by atoms with Crippen LogP contribution in [0.3, 0.4) is 0 Å². The molecule has 1 saturated carbocycles. The largest absolute Gasteiger partial charge is 0.353 e. The lowest BCUT2D eigenvalue weighted by Crippen LogP contribution is -2.42. The number of benzene rings is 1. The van der Waals surface area contributed by atoms with Gasteiger partial charge in [0, 0.05) is 18.7 Å². The molecule has 2 N–H and O–H groups in total. The normalized spacial score (nSPS) is 16.0. The second kappa shape index (κ2) is 6.89. The summed E-state index contributed by atoms with van der Waals surface area (Å²) in [6.45, 7) is 0.682. The van der Waals surface area contributed by atoms with Crippen LogP contribution in [-0.4, -0.2) is 24.9 Å². The molecule has 110 valence electrons. The van der Waals surface area contributed by atoms with Gasteiger partial charge in [-0.1, -0.05) is 31.0 Å². The highest BCUT2D eigenvalue weighted by Gasteiger charge is 2.41. The summed E-state index contributed by atoms with van der Waals surface area (Å²) in [5, 5.41) is 14.7. The molecule has 1 aliphatic rings. The van der Waals surface area contributed by atoms with E-state index in [1.165, 1.54) is 0 Å². The number of nitriles is 1. The number of amides is 2. The molecule has 2 rings (SSSR count).